The van der Waals surface area contributed by atoms with Crippen LogP contribution in [0.25, 0.3) is 21.3 Å². The molecule has 4 bridgehead atoms. The molecule has 3 aromatic heterocycles. The van der Waals surface area contributed by atoms with Crippen LogP contribution in [-0.2, 0) is 19.4 Å². The van der Waals surface area contributed by atoms with Crippen molar-refractivity contribution in [2.45, 2.75) is 89.8 Å². The molecule has 0 unspecified atom stereocenters. The van der Waals surface area contributed by atoms with Crippen molar-refractivity contribution in [2.75, 3.05) is 13.7 Å². The molecule has 246 valence electrons. The fourth-order valence-electron chi connectivity index (χ4n) is 9.86. The monoisotopic (exact) mass is 672 g/mol. The minimum Gasteiger partial charge on any atom is -0.491 e. The van der Waals surface area contributed by atoms with Crippen LogP contribution < -0.4 is 10.3 Å². The summed E-state index contributed by atoms with van der Waals surface area (Å²) >= 11 is 7.80. The Morgan fingerprint density at radius 1 is 1.11 bits per heavy atom. The molecule has 10 heteroatoms. The number of benzene rings is 1. The Bertz CT molecular complexity index is 1930. The van der Waals surface area contributed by atoms with Crippen LogP contribution >= 0.6 is 22.9 Å². The van der Waals surface area contributed by atoms with Gasteiger partial charge in [0.25, 0.3) is 5.56 Å². The molecule has 4 saturated carbocycles. The van der Waals surface area contributed by atoms with Crippen molar-refractivity contribution >= 4 is 39.1 Å². The summed E-state index contributed by atoms with van der Waals surface area (Å²) in [6.45, 7) is 4.40. The van der Waals surface area contributed by atoms with Gasteiger partial charge < -0.3 is 9.84 Å². The number of hydrogen-bond acceptors (Lipinski definition) is 7. The number of aryl methyl sites for hydroxylation is 3. The minimum absolute atomic E-state index is 0.0577. The highest BCUT2D eigenvalue weighted by Crippen LogP contribution is 2.58. The molecule has 0 saturated heterocycles. The smallest absolute Gasteiger partial charge is 0.338 e. The predicted molar refractivity (Wildman–Crippen MR) is 185 cm³/mol. The number of ether oxygens (including phenoxy) is 1. The number of carboxylic acid groups (broad SMARTS) is 1. The van der Waals surface area contributed by atoms with Crippen molar-refractivity contribution in [3.8, 4) is 16.9 Å². The van der Waals surface area contributed by atoms with Gasteiger partial charge in [0.2, 0.25) is 0 Å². The average Bonchev–Trinajstić information content (AvgIpc) is 3.46. The fraction of sp³-hybridized carbons (Fsp3) is 0.514. The molecular weight excluding hydrogens is 632 g/mol. The highest BCUT2D eigenvalue weighted by molar-refractivity contribution is 7.18. The lowest BCUT2D eigenvalue weighted by Crippen LogP contribution is -2.62. The molecule has 9 rings (SSSR count). The third kappa shape index (κ3) is 5.39. The second-order valence-electron chi connectivity index (χ2n) is 14.6. The summed E-state index contributed by atoms with van der Waals surface area (Å²) in [5.41, 5.74) is 5.13. The van der Waals surface area contributed by atoms with Crippen LogP contribution in [0.2, 0.25) is 5.02 Å². The number of thiophene rings is 1. The van der Waals surface area contributed by atoms with E-state index in [2.05, 4.69) is 16.9 Å². The van der Waals surface area contributed by atoms with E-state index in [1.807, 2.05) is 32.0 Å². The van der Waals surface area contributed by atoms with Gasteiger partial charge in [0.15, 0.2) is 0 Å². The molecule has 3 heterocycles. The topological polar surface area (TPSA) is 97.6 Å². The zero-order valence-electron chi connectivity index (χ0n) is 27.2. The summed E-state index contributed by atoms with van der Waals surface area (Å²) < 4.78 is 8.89. The van der Waals surface area contributed by atoms with Gasteiger partial charge in [-0.05, 0) is 121 Å². The highest BCUT2D eigenvalue weighted by Gasteiger charge is 2.54. The van der Waals surface area contributed by atoms with E-state index in [1.54, 1.807) is 16.0 Å². The van der Waals surface area contributed by atoms with Crippen molar-refractivity contribution < 1.29 is 14.6 Å². The molecule has 4 fully saturated rings. The lowest BCUT2D eigenvalue weighted by molar-refractivity contribution is -0.0952. The van der Waals surface area contributed by atoms with Crippen LogP contribution in [0.5, 0.6) is 5.75 Å². The van der Waals surface area contributed by atoms with Gasteiger partial charge in [-0.3, -0.25) is 19.2 Å². The minimum atomic E-state index is -1.01. The van der Waals surface area contributed by atoms with E-state index in [4.69, 9.17) is 21.3 Å². The van der Waals surface area contributed by atoms with Crippen molar-refractivity contribution in [2.24, 2.45) is 17.8 Å². The number of nitrogens with zero attached hydrogens (tertiary/aromatic N) is 4. The molecule has 1 aromatic carbocycles. The van der Waals surface area contributed by atoms with Crippen molar-refractivity contribution in [1.82, 2.24) is 19.4 Å². The number of aromatic carboxylic acids is 1. The lowest BCUT2D eigenvalue weighted by Gasteiger charge is -2.61. The zero-order chi connectivity index (χ0) is 32.6. The average molecular weight is 673 g/mol. The van der Waals surface area contributed by atoms with E-state index in [0.717, 1.165) is 64.1 Å². The summed E-state index contributed by atoms with van der Waals surface area (Å²) in [5.74, 6) is 3.00. The molecule has 0 aliphatic heterocycles. The Morgan fingerprint density at radius 3 is 2.53 bits per heavy atom. The number of likely N-dealkylation sites (N-methyl/N-ethyl adjacent to an activating group) is 1. The Morgan fingerprint density at radius 2 is 1.83 bits per heavy atom. The van der Waals surface area contributed by atoms with E-state index < -0.39 is 5.97 Å². The first-order chi connectivity index (χ1) is 22.6. The lowest BCUT2D eigenvalue weighted by atomic mass is 9.52. The maximum Gasteiger partial charge on any atom is 0.338 e. The van der Waals surface area contributed by atoms with Gasteiger partial charge in [0.05, 0.1) is 28.0 Å². The van der Waals surface area contributed by atoms with Gasteiger partial charge in [0, 0.05) is 44.4 Å². The first kappa shape index (κ1) is 31.0. The number of hydrogen-bond donors (Lipinski definition) is 1. The van der Waals surface area contributed by atoms with Crippen molar-refractivity contribution in [3.63, 3.8) is 0 Å². The first-order valence-corrected chi connectivity index (χ1v) is 18.2. The molecule has 1 N–H and O–H groups in total. The standard InChI is InChI=1S/C37H41ClN4O4S/c1-20-10-28(34-33(39-20)30(19-47-34)36(44)45)27-14-25(38)4-7-32(27)46-9-8-42-21(2)40-31-6-5-26(15-29(31)35(42)43)41(3)37-16-22-11-23(17-37)13-24(12-22)18-37/h4,7,10,14,19,22-24,26H,5-6,8-9,11-13,15-18H2,1-3H3,(H,44,45)/t22?,23?,24?,26-,37?/m0/s1. The summed E-state index contributed by atoms with van der Waals surface area (Å²) in [7, 11) is 2.34. The number of carboxylic acids is 1. The number of halogens is 1. The van der Waals surface area contributed by atoms with Crippen LogP contribution in [-0.4, -0.2) is 55.7 Å². The number of carbonyl (C=O) groups is 1. The number of rotatable bonds is 8. The van der Waals surface area contributed by atoms with E-state index in [1.165, 1.54) is 49.9 Å². The number of aromatic nitrogens is 3. The molecule has 5 aliphatic carbocycles. The Labute approximate surface area is 283 Å². The maximum atomic E-state index is 14.0. The zero-order valence-corrected chi connectivity index (χ0v) is 28.8. The van der Waals surface area contributed by atoms with Crippen molar-refractivity contribution in [1.29, 1.82) is 0 Å². The highest BCUT2D eigenvalue weighted by atomic mass is 35.5. The Hall–Kier alpha value is -3.27. The molecule has 0 spiro atoms. The molecule has 47 heavy (non-hydrogen) atoms. The third-order valence-electron chi connectivity index (χ3n) is 11.7. The summed E-state index contributed by atoms with van der Waals surface area (Å²) in [6, 6.07) is 7.75. The number of pyridine rings is 1. The molecule has 1 atom stereocenters. The second-order valence-corrected chi connectivity index (χ2v) is 15.9. The van der Waals surface area contributed by atoms with Crippen molar-refractivity contribution in [3.05, 3.63) is 73.4 Å². The van der Waals surface area contributed by atoms with Gasteiger partial charge in [0.1, 0.15) is 18.2 Å². The summed E-state index contributed by atoms with van der Waals surface area (Å²) in [5, 5.41) is 11.9. The quantitative estimate of drug-likeness (QED) is 0.209. The molecule has 5 aliphatic rings. The normalized spacial score (nSPS) is 26.2. The molecule has 4 aromatic rings. The van der Waals surface area contributed by atoms with Gasteiger partial charge in [-0.1, -0.05) is 11.6 Å². The van der Waals surface area contributed by atoms with Crippen LogP contribution in [0, 0.1) is 31.6 Å². The van der Waals surface area contributed by atoms with E-state index in [9.17, 15) is 14.7 Å². The van der Waals surface area contributed by atoms with E-state index >= 15 is 0 Å². The first-order valence-electron chi connectivity index (χ1n) is 17.0. The summed E-state index contributed by atoms with van der Waals surface area (Å²) in [6.07, 6.45) is 11.0. The van der Waals surface area contributed by atoms with Gasteiger partial charge in [-0.25, -0.2) is 9.78 Å². The maximum absolute atomic E-state index is 14.0. The molecular formula is C37H41ClN4O4S. The van der Waals surface area contributed by atoms with Gasteiger partial charge in [-0.15, -0.1) is 11.3 Å². The van der Waals surface area contributed by atoms with Gasteiger partial charge in [-0.2, -0.15) is 0 Å². The number of fused-ring (bicyclic) bond motifs is 2. The van der Waals surface area contributed by atoms with E-state index in [-0.39, 0.29) is 17.7 Å². The fourth-order valence-corrected chi connectivity index (χ4v) is 11.0. The van der Waals surface area contributed by atoms with Gasteiger partial charge >= 0.3 is 5.97 Å². The molecule has 0 amide bonds. The van der Waals surface area contributed by atoms with Crippen LogP contribution in [0.15, 0.2) is 34.4 Å². The van der Waals surface area contributed by atoms with E-state index in [0.29, 0.717) is 45.9 Å². The van der Waals surface area contributed by atoms with Crippen LogP contribution in [0.1, 0.15) is 78.1 Å². The SMILES string of the molecule is Cc1cc(-c2cc(Cl)ccc2OCCn2c(C)nc3c(c2=O)C[C@@H](N(C)C24CC5CC(CC(C5)C2)C4)CC3)c2scc(C(=O)O)c2n1. The van der Waals surface area contributed by atoms with Crippen LogP contribution in [0.3, 0.4) is 0 Å². The second kappa shape index (κ2) is 11.7. The van der Waals surface area contributed by atoms with Crippen LogP contribution in [0.4, 0.5) is 0 Å². The largest absolute Gasteiger partial charge is 0.491 e. The molecule has 8 nitrogen and oxygen atoms in total. The molecule has 0 radical (unpaired) electrons. The third-order valence-corrected chi connectivity index (χ3v) is 12.9. The Kier molecular flexibility index (Phi) is 7.73. The Balaban J connectivity index is 1.03. The summed E-state index contributed by atoms with van der Waals surface area (Å²) in [4.78, 5) is 38.1. The predicted octanol–water partition coefficient (Wildman–Crippen LogP) is 7.33.